The number of rotatable bonds is 4. The molecule has 0 unspecified atom stereocenters. The minimum atomic E-state index is -0.363. The summed E-state index contributed by atoms with van der Waals surface area (Å²) < 4.78 is 5.12. The molecule has 2 aromatic carbocycles. The maximum absolute atomic E-state index is 11.9. The molecule has 0 aliphatic carbocycles. The van der Waals surface area contributed by atoms with Crippen molar-refractivity contribution >= 4 is 11.4 Å². The Bertz CT molecular complexity index is 960. The fourth-order valence-corrected chi connectivity index (χ4v) is 2.12. The van der Waals surface area contributed by atoms with Gasteiger partial charge in [-0.3, -0.25) is 15.0 Å². The van der Waals surface area contributed by atoms with Crippen LogP contribution in [0.15, 0.2) is 63.6 Å². The second-order valence-corrected chi connectivity index (χ2v) is 4.89. The Hall–Kier alpha value is -3.66. The van der Waals surface area contributed by atoms with Gasteiger partial charge in [0.2, 0.25) is 0 Å². The van der Waals surface area contributed by atoms with Crippen molar-refractivity contribution in [3.05, 3.63) is 64.4 Å². The van der Waals surface area contributed by atoms with Crippen LogP contribution in [-0.4, -0.2) is 17.3 Å². The molecule has 1 heterocycles. The number of azo groups is 1. The van der Waals surface area contributed by atoms with Crippen molar-refractivity contribution in [3.63, 3.8) is 0 Å². The molecule has 0 spiro atoms. The second kappa shape index (κ2) is 6.62. The molecule has 0 fully saturated rings. The van der Waals surface area contributed by atoms with Crippen LogP contribution < -0.4 is 10.3 Å². The van der Waals surface area contributed by atoms with Gasteiger partial charge in [0.15, 0.2) is 5.69 Å². The van der Waals surface area contributed by atoms with Crippen LogP contribution in [0.4, 0.5) is 11.4 Å². The SMILES string of the molecule is COc1ccc(-c2[nH][nH]c(=O)c2N=Nc2ccc(C#N)cc2)cc1. The quantitative estimate of drug-likeness (QED) is 0.716. The molecule has 0 aliphatic rings. The first-order valence-corrected chi connectivity index (χ1v) is 7.08. The molecule has 0 bridgehead atoms. The zero-order valence-electron chi connectivity index (χ0n) is 12.8. The minimum absolute atomic E-state index is 0.185. The first-order chi connectivity index (χ1) is 11.7. The average Bonchev–Trinajstić information content (AvgIpc) is 3.01. The molecule has 2 N–H and O–H groups in total. The van der Waals surface area contributed by atoms with Crippen molar-refractivity contribution in [2.24, 2.45) is 10.2 Å². The van der Waals surface area contributed by atoms with Crippen LogP contribution in [0.25, 0.3) is 11.3 Å². The minimum Gasteiger partial charge on any atom is -0.497 e. The highest BCUT2D eigenvalue weighted by Gasteiger charge is 2.11. The maximum atomic E-state index is 11.9. The number of benzene rings is 2. The number of aromatic amines is 2. The Labute approximate surface area is 137 Å². The number of nitriles is 1. The summed E-state index contributed by atoms with van der Waals surface area (Å²) in [7, 11) is 1.59. The van der Waals surface area contributed by atoms with Crippen molar-refractivity contribution in [1.82, 2.24) is 10.2 Å². The number of nitrogens with zero attached hydrogens (tertiary/aromatic N) is 3. The van der Waals surface area contributed by atoms with Crippen molar-refractivity contribution in [1.29, 1.82) is 5.26 Å². The summed E-state index contributed by atoms with van der Waals surface area (Å²) in [6.07, 6.45) is 0. The number of hydrogen-bond acceptors (Lipinski definition) is 5. The van der Waals surface area contributed by atoms with Crippen LogP contribution in [0.2, 0.25) is 0 Å². The third-order valence-corrected chi connectivity index (χ3v) is 3.39. The van der Waals surface area contributed by atoms with Gasteiger partial charge < -0.3 is 4.74 Å². The highest BCUT2D eigenvalue weighted by atomic mass is 16.5. The topological polar surface area (TPSA) is 106 Å². The van der Waals surface area contributed by atoms with E-state index in [0.29, 0.717) is 16.9 Å². The summed E-state index contributed by atoms with van der Waals surface area (Å²) in [5.74, 6) is 0.720. The standard InChI is InChI=1S/C17H13N5O2/c1-24-14-8-4-12(5-9-14)15-16(17(23)22-20-15)21-19-13-6-2-11(10-18)3-7-13/h2-9H,1H3,(H2,20,22,23). The number of methoxy groups -OCH3 is 1. The van der Waals surface area contributed by atoms with Crippen molar-refractivity contribution in [2.75, 3.05) is 7.11 Å². The molecule has 3 aromatic rings. The van der Waals surface area contributed by atoms with E-state index >= 15 is 0 Å². The van der Waals surface area contributed by atoms with E-state index < -0.39 is 0 Å². The summed E-state index contributed by atoms with van der Waals surface area (Å²) in [4.78, 5) is 11.9. The third-order valence-electron chi connectivity index (χ3n) is 3.39. The van der Waals surface area contributed by atoms with Crippen LogP contribution in [-0.2, 0) is 0 Å². The zero-order valence-corrected chi connectivity index (χ0v) is 12.8. The first kappa shape index (κ1) is 15.2. The van der Waals surface area contributed by atoms with Gasteiger partial charge in [-0.2, -0.15) is 10.4 Å². The summed E-state index contributed by atoms with van der Waals surface area (Å²) in [6, 6.07) is 15.9. The van der Waals surface area contributed by atoms with Gasteiger partial charge in [0.05, 0.1) is 30.1 Å². The van der Waals surface area contributed by atoms with Crippen LogP contribution in [0.5, 0.6) is 5.75 Å². The van der Waals surface area contributed by atoms with Gasteiger partial charge in [-0.15, -0.1) is 5.11 Å². The van der Waals surface area contributed by atoms with Crippen LogP contribution in [0.3, 0.4) is 0 Å². The Morgan fingerprint density at radius 2 is 1.71 bits per heavy atom. The molecule has 1 aromatic heterocycles. The third kappa shape index (κ3) is 3.08. The average molecular weight is 319 g/mol. The highest BCUT2D eigenvalue weighted by Crippen LogP contribution is 2.27. The lowest BCUT2D eigenvalue weighted by Crippen LogP contribution is -1.96. The lowest BCUT2D eigenvalue weighted by atomic mass is 10.1. The van der Waals surface area contributed by atoms with E-state index in [-0.39, 0.29) is 11.2 Å². The van der Waals surface area contributed by atoms with Crippen LogP contribution >= 0.6 is 0 Å². The molecule has 7 heteroatoms. The molecule has 118 valence electrons. The van der Waals surface area contributed by atoms with Gasteiger partial charge in [0.25, 0.3) is 5.56 Å². The van der Waals surface area contributed by atoms with E-state index in [1.807, 2.05) is 18.2 Å². The van der Waals surface area contributed by atoms with E-state index in [1.54, 1.807) is 43.5 Å². The van der Waals surface area contributed by atoms with Gasteiger partial charge in [-0.1, -0.05) is 0 Å². The number of hydrogen-bond donors (Lipinski definition) is 2. The van der Waals surface area contributed by atoms with E-state index in [9.17, 15) is 4.79 Å². The van der Waals surface area contributed by atoms with E-state index in [2.05, 4.69) is 20.4 Å². The molecule has 0 saturated heterocycles. The van der Waals surface area contributed by atoms with Gasteiger partial charge in [0.1, 0.15) is 5.75 Å². The fourth-order valence-electron chi connectivity index (χ4n) is 2.12. The molecule has 0 saturated carbocycles. The largest absolute Gasteiger partial charge is 0.497 e. The molecule has 3 rings (SSSR count). The normalized spacial score (nSPS) is 10.7. The summed E-state index contributed by atoms with van der Waals surface area (Å²) in [5, 5.41) is 22.2. The van der Waals surface area contributed by atoms with Crippen molar-refractivity contribution in [3.8, 4) is 23.1 Å². The molecule has 0 aliphatic heterocycles. The van der Waals surface area contributed by atoms with E-state index in [4.69, 9.17) is 10.00 Å². The number of aromatic nitrogens is 2. The van der Waals surface area contributed by atoms with Gasteiger partial charge in [-0.05, 0) is 48.5 Å². The van der Waals surface area contributed by atoms with Gasteiger partial charge >= 0.3 is 0 Å². The summed E-state index contributed by atoms with van der Waals surface area (Å²) >= 11 is 0. The Kier molecular flexibility index (Phi) is 4.21. The Morgan fingerprint density at radius 3 is 2.33 bits per heavy atom. The second-order valence-electron chi connectivity index (χ2n) is 4.89. The first-order valence-electron chi connectivity index (χ1n) is 7.08. The summed E-state index contributed by atoms with van der Waals surface area (Å²) in [5.41, 5.74) is 2.23. The molecule has 24 heavy (non-hydrogen) atoms. The number of H-pyrrole nitrogens is 2. The molecular weight excluding hydrogens is 306 g/mol. The molecule has 7 nitrogen and oxygen atoms in total. The van der Waals surface area contributed by atoms with Crippen molar-refractivity contribution in [2.45, 2.75) is 0 Å². The maximum Gasteiger partial charge on any atom is 0.292 e. The lowest BCUT2D eigenvalue weighted by molar-refractivity contribution is 0.415. The van der Waals surface area contributed by atoms with Crippen LogP contribution in [0, 0.1) is 11.3 Å². The van der Waals surface area contributed by atoms with Gasteiger partial charge in [0, 0.05) is 5.56 Å². The molecule has 0 radical (unpaired) electrons. The van der Waals surface area contributed by atoms with E-state index in [0.717, 1.165) is 11.3 Å². The molecular formula is C17H13N5O2. The number of ether oxygens (including phenoxy) is 1. The van der Waals surface area contributed by atoms with Crippen LogP contribution in [0.1, 0.15) is 5.56 Å². The predicted octanol–water partition coefficient (Wildman–Crippen LogP) is 3.67. The summed E-state index contributed by atoms with van der Waals surface area (Å²) in [6.45, 7) is 0. The Balaban J connectivity index is 1.93. The van der Waals surface area contributed by atoms with E-state index in [1.165, 1.54) is 0 Å². The monoisotopic (exact) mass is 319 g/mol. The fraction of sp³-hybridized carbons (Fsp3) is 0.0588. The van der Waals surface area contributed by atoms with Gasteiger partial charge in [-0.25, -0.2) is 0 Å². The van der Waals surface area contributed by atoms with Crippen molar-refractivity contribution < 1.29 is 4.74 Å². The molecule has 0 atom stereocenters. The zero-order chi connectivity index (χ0) is 16.9. The Morgan fingerprint density at radius 1 is 1.00 bits per heavy atom. The highest BCUT2D eigenvalue weighted by molar-refractivity contribution is 5.71. The molecule has 0 amide bonds. The lowest BCUT2D eigenvalue weighted by Gasteiger charge is -2.01. The number of nitrogens with one attached hydrogen (secondary N) is 2. The smallest absolute Gasteiger partial charge is 0.292 e. The predicted molar refractivity (Wildman–Crippen MR) is 88.7 cm³/mol.